The van der Waals surface area contributed by atoms with Crippen LogP contribution in [0.15, 0.2) is 47.7 Å². The fourth-order valence-electron chi connectivity index (χ4n) is 3.48. The Morgan fingerprint density at radius 1 is 1.17 bits per heavy atom. The number of ether oxygens (including phenoxy) is 3. The number of esters is 1. The molecule has 0 fully saturated rings. The topological polar surface area (TPSA) is 73.9 Å². The van der Waals surface area contributed by atoms with Gasteiger partial charge in [-0.1, -0.05) is 35.3 Å². The number of hydrogen-bond acceptors (Lipinski definition) is 5. The molecule has 0 radical (unpaired) electrons. The van der Waals surface area contributed by atoms with Crippen LogP contribution < -0.4 is 14.8 Å². The Kier molecular flexibility index (Phi) is 5.39. The van der Waals surface area contributed by atoms with Crippen LogP contribution in [0, 0.1) is 0 Å². The van der Waals surface area contributed by atoms with Crippen molar-refractivity contribution in [3.63, 3.8) is 0 Å². The fraction of sp³-hybridized carbons (Fsp3) is 0.238. The second-order valence-electron chi connectivity index (χ2n) is 6.77. The van der Waals surface area contributed by atoms with E-state index in [1.165, 1.54) is 0 Å². The third-order valence-corrected chi connectivity index (χ3v) is 5.40. The third kappa shape index (κ3) is 4.04. The number of carbonyl (C=O) groups excluding carboxylic acids is 2. The SMILES string of the molecule is CC1=C(C(=O)OCc2ccc3c(c2)OCO3)[C@@H](c2ccc(Cl)cc2Cl)CC(=O)N1. The maximum atomic E-state index is 12.9. The number of allylic oxidation sites excluding steroid dienone is 1. The molecule has 0 bridgehead atoms. The van der Waals surface area contributed by atoms with E-state index in [9.17, 15) is 9.59 Å². The molecule has 2 aliphatic rings. The molecule has 2 aromatic carbocycles. The van der Waals surface area contributed by atoms with Crippen LogP contribution in [0.3, 0.4) is 0 Å². The predicted octanol–water partition coefficient (Wildman–Crippen LogP) is 4.34. The zero-order chi connectivity index (χ0) is 20.5. The molecule has 1 atom stereocenters. The van der Waals surface area contributed by atoms with Gasteiger partial charge < -0.3 is 19.5 Å². The van der Waals surface area contributed by atoms with Crippen molar-refractivity contribution in [2.45, 2.75) is 25.9 Å². The molecular formula is C21H17Cl2NO5. The molecule has 1 N–H and O–H groups in total. The van der Waals surface area contributed by atoms with Gasteiger partial charge >= 0.3 is 5.97 Å². The summed E-state index contributed by atoms with van der Waals surface area (Å²) < 4.78 is 16.2. The van der Waals surface area contributed by atoms with Gasteiger partial charge in [0.25, 0.3) is 0 Å². The number of carbonyl (C=O) groups is 2. The van der Waals surface area contributed by atoms with Crippen LogP contribution in [0.2, 0.25) is 10.0 Å². The van der Waals surface area contributed by atoms with Crippen LogP contribution >= 0.6 is 23.2 Å². The second-order valence-corrected chi connectivity index (χ2v) is 7.62. The summed E-state index contributed by atoms with van der Waals surface area (Å²) in [5.41, 5.74) is 2.24. The molecule has 0 spiro atoms. The molecule has 2 heterocycles. The highest BCUT2D eigenvalue weighted by Crippen LogP contribution is 2.38. The van der Waals surface area contributed by atoms with Crippen LogP contribution in [0.1, 0.15) is 30.4 Å². The van der Waals surface area contributed by atoms with Gasteiger partial charge in [0.2, 0.25) is 12.7 Å². The first-order valence-corrected chi connectivity index (χ1v) is 9.69. The van der Waals surface area contributed by atoms with Gasteiger partial charge in [0.15, 0.2) is 11.5 Å². The molecule has 0 unspecified atom stereocenters. The van der Waals surface area contributed by atoms with Crippen molar-refractivity contribution in [3.8, 4) is 11.5 Å². The largest absolute Gasteiger partial charge is 0.457 e. The van der Waals surface area contributed by atoms with E-state index in [1.54, 1.807) is 43.3 Å². The maximum Gasteiger partial charge on any atom is 0.336 e. The van der Waals surface area contributed by atoms with E-state index in [0.29, 0.717) is 38.4 Å². The van der Waals surface area contributed by atoms with Crippen LogP contribution in [0.4, 0.5) is 0 Å². The lowest BCUT2D eigenvalue weighted by molar-refractivity contribution is -0.141. The van der Waals surface area contributed by atoms with Crippen molar-refractivity contribution in [2.24, 2.45) is 0 Å². The number of benzene rings is 2. The number of rotatable bonds is 4. The van der Waals surface area contributed by atoms with Gasteiger partial charge in [0.1, 0.15) is 6.61 Å². The molecule has 29 heavy (non-hydrogen) atoms. The summed E-state index contributed by atoms with van der Waals surface area (Å²) in [5.74, 6) is 0.0514. The average Bonchev–Trinajstić information content (AvgIpc) is 3.13. The summed E-state index contributed by atoms with van der Waals surface area (Å²) in [5, 5.41) is 3.58. The Bertz CT molecular complexity index is 1030. The van der Waals surface area contributed by atoms with Gasteiger partial charge in [0.05, 0.1) is 5.57 Å². The standard InChI is InChI=1S/C21H17Cl2NO5/c1-11-20(15(8-19(25)24-11)14-4-3-13(22)7-16(14)23)21(26)27-9-12-2-5-17-18(6-12)29-10-28-17/h2-7,15H,8-10H2,1H3,(H,24,25)/t15-/m1/s1. The minimum atomic E-state index is -0.517. The summed E-state index contributed by atoms with van der Waals surface area (Å²) in [6.07, 6.45) is 0.0904. The Hall–Kier alpha value is -2.70. The van der Waals surface area contributed by atoms with Gasteiger partial charge in [-0.15, -0.1) is 0 Å². The van der Waals surface area contributed by atoms with E-state index >= 15 is 0 Å². The highest BCUT2D eigenvalue weighted by molar-refractivity contribution is 6.35. The predicted molar refractivity (Wildman–Crippen MR) is 107 cm³/mol. The second kappa shape index (κ2) is 7.97. The molecule has 0 aromatic heterocycles. The molecule has 6 nitrogen and oxygen atoms in total. The minimum Gasteiger partial charge on any atom is -0.457 e. The molecule has 150 valence electrons. The Morgan fingerprint density at radius 2 is 1.97 bits per heavy atom. The van der Waals surface area contributed by atoms with Gasteiger partial charge in [-0.2, -0.15) is 0 Å². The number of hydrogen-bond donors (Lipinski definition) is 1. The fourth-order valence-corrected chi connectivity index (χ4v) is 4.02. The van der Waals surface area contributed by atoms with Gasteiger partial charge in [0, 0.05) is 28.1 Å². The third-order valence-electron chi connectivity index (χ3n) is 4.83. The maximum absolute atomic E-state index is 12.9. The highest BCUT2D eigenvalue weighted by Gasteiger charge is 2.34. The Balaban J connectivity index is 1.57. The molecule has 0 saturated carbocycles. The first-order chi connectivity index (χ1) is 13.9. The van der Waals surface area contributed by atoms with Gasteiger partial charge in [-0.05, 0) is 42.3 Å². The van der Waals surface area contributed by atoms with E-state index in [1.807, 2.05) is 0 Å². The van der Waals surface area contributed by atoms with E-state index in [4.69, 9.17) is 37.4 Å². The average molecular weight is 434 g/mol. The molecule has 2 aliphatic heterocycles. The van der Waals surface area contributed by atoms with Crippen molar-refractivity contribution in [1.82, 2.24) is 5.32 Å². The monoisotopic (exact) mass is 433 g/mol. The molecule has 4 rings (SSSR count). The zero-order valence-corrected chi connectivity index (χ0v) is 17.0. The summed E-state index contributed by atoms with van der Waals surface area (Å²) in [6.45, 7) is 1.90. The number of fused-ring (bicyclic) bond motifs is 1. The van der Waals surface area contributed by atoms with Gasteiger partial charge in [-0.3, -0.25) is 4.79 Å². The highest BCUT2D eigenvalue weighted by atomic mass is 35.5. The Labute approximate surface area is 177 Å². The first kappa shape index (κ1) is 19.6. The summed E-state index contributed by atoms with van der Waals surface area (Å²) >= 11 is 12.3. The summed E-state index contributed by atoms with van der Waals surface area (Å²) in [6, 6.07) is 10.3. The molecule has 0 saturated heterocycles. The van der Waals surface area contributed by atoms with Crippen molar-refractivity contribution >= 4 is 35.1 Å². The van der Waals surface area contributed by atoms with Gasteiger partial charge in [-0.25, -0.2) is 4.79 Å². The van der Waals surface area contributed by atoms with E-state index in [-0.39, 0.29) is 25.7 Å². The van der Waals surface area contributed by atoms with Crippen LogP contribution in [0.25, 0.3) is 0 Å². The minimum absolute atomic E-state index is 0.0568. The zero-order valence-electron chi connectivity index (χ0n) is 15.5. The molecule has 2 aromatic rings. The Morgan fingerprint density at radius 3 is 2.76 bits per heavy atom. The van der Waals surface area contributed by atoms with Crippen LogP contribution in [0.5, 0.6) is 11.5 Å². The van der Waals surface area contributed by atoms with Crippen molar-refractivity contribution in [3.05, 3.63) is 68.8 Å². The van der Waals surface area contributed by atoms with E-state index in [0.717, 1.165) is 5.56 Å². The normalized spacial score (nSPS) is 17.9. The van der Waals surface area contributed by atoms with Crippen molar-refractivity contribution < 1.29 is 23.8 Å². The van der Waals surface area contributed by atoms with E-state index < -0.39 is 11.9 Å². The summed E-state index contributed by atoms with van der Waals surface area (Å²) in [4.78, 5) is 25.0. The lowest BCUT2D eigenvalue weighted by Crippen LogP contribution is -2.34. The number of halogens is 2. The van der Waals surface area contributed by atoms with Crippen molar-refractivity contribution in [1.29, 1.82) is 0 Å². The van der Waals surface area contributed by atoms with Crippen molar-refractivity contribution in [2.75, 3.05) is 6.79 Å². The summed E-state index contributed by atoms with van der Waals surface area (Å²) in [7, 11) is 0. The number of nitrogens with one attached hydrogen (secondary N) is 1. The van der Waals surface area contributed by atoms with Crippen LogP contribution in [-0.4, -0.2) is 18.7 Å². The molecule has 0 aliphatic carbocycles. The van der Waals surface area contributed by atoms with Crippen LogP contribution in [-0.2, 0) is 20.9 Å². The smallest absolute Gasteiger partial charge is 0.336 e. The molecule has 8 heteroatoms. The number of amides is 1. The lowest BCUT2D eigenvalue weighted by atomic mass is 9.84. The quantitative estimate of drug-likeness (QED) is 0.725. The molecular weight excluding hydrogens is 417 g/mol. The van der Waals surface area contributed by atoms with E-state index in [2.05, 4.69) is 5.32 Å². The first-order valence-electron chi connectivity index (χ1n) is 8.93. The molecule has 1 amide bonds. The lowest BCUT2D eigenvalue weighted by Gasteiger charge is -2.27.